The van der Waals surface area contributed by atoms with E-state index in [1.165, 1.54) is 30.4 Å². The lowest BCUT2D eigenvalue weighted by Crippen LogP contribution is -2.38. The molecule has 0 amide bonds. The zero-order valence-electron chi connectivity index (χ0n) is 10.9. The van der Waals surface area contributed by atoms with Crippen molar-refractivity contribution in [3.05, 3.63) is 21.9 Å². The maximum absolute atomic E-state index is 5.77. The van der Waals surface area contributed by atoms with Crippen LogP contribution in [-0.4, -0.2) is 18.8 Å². The van der Waals surface area contributed by atoms with E-state index in [0.717, 1.165) is 19.6 Å². The Labute approximate surface area is 108 Å². The third kappa shape index (κ3) is 3.80. The van der Waals surface area contributed by atoms with E-state index in [9.17, 15) is 0 Å². The van der Waals surface area contributed by atoms with Gasteiger partial charge in [-0.05, 0) is 48.1 Å². The number of rotatable bonds is 5. The van der Waals surface area contributed by atoms with Crippen LogP contribution < -0.4 is 5.32 Å². The van der Waals surface area contributed by atoms with Crippen LogP contribution in [0.15, 0.2) is 10.8 Å². The maximum atomic E-state index is 5.77. The minimum Gasteiger partial charge on any atom is -0.378 e. The summed E-state index contributed by atoms with van der Waals surface area (Å²) in [4.78, 5) is 0. The lowest BCUT2D eigenvalue weighted by Gasteiger charge is -2.30. The van der Waals surface area contributed by atoms with Gasteiger partial charge in [0, 0.05) is 19.2 Å². The summed E-state index contributed by atoms with van der Waals surface area (Å²) in [6.45, 7) is 6.36. The minimum atomic E-state index is 0.481. The highest BCUT2D eigenvalue weighted by Gasteiger charge is 2.21. The van der Waals surface area contributed by atoms with Crippen LogP contribution in [0, 0.1) is 6.92 Å². The maximum Gasteiger partial charge on any atom is 0.0589 e. The molecule has 0 aromatic carbocycles. The fraction of sp³-hybridized carbons (Fsp3) is 0.714. The van der Waals surface area contributed by atoms with Crippen LogP contribution in [0.4, 0.5) is 0 Å². The van der Waals surface area contributed by atoms with Gasteiger partial charge in [0.05, 0.1) is 6.10 Å². The fourth-order valence-electron chi connectivity index (χ4n) is 2.41. The SMILES string of the molecule is CCCC1CC(NCc2cscc2C)CCO1. The van der Waals surface area contributed by atoms with Crippen molar-refractivity contribution in [3.8, 4) is 0 Å². The Hall–Kier alpha value is -0.380. The first kappa shape index (κ1) is 13.1. The van der Waals surface area contributed by atoms with Crippen molar-refractivity contribution in [3.63, 3.8) is 0 Å². The molecule has 0 saturated carbocycles. The normalized spacial score (nSPS) is 25.1. The molecule has 0 radical (unpaired) electrons. The van der Waals surface area contributed by atoms with Crippen LogP contribution in [0.3, 0.4) is 0 Å². The van der Waals surface area contributed by atoms with Crippen molar-refractivity contribution < 1.29 is 4.74 Å². The van der Waals surface area contributed by atoms with E-state index >= 15 is 0 Å². The summed E-state index contributed by atoms with van der Waals surface area (Å²) in [5, 5.41) is 8.16. The van der Waals surface area contributed by atoms with Gasteiger partial charge in [-0.25, -0.2) is 0 Å². The number of nitrogens with one attached hydrogen (secondary N) is 1. The molecule has 2 nitrogen and oxygen atoms in total. The Morgan fingerprint density at radius 2 is 2.35 bits per heavy atom. The largest absolute Gasteiger partial charge is 0.378 e. The van der Waals surface area contributed by atoms with Gasteiger partial charge in [0.15, 0.2) is 0 Å². The highest BCUT2D eigenvalue weighted by Crippen LogP contribution is 2.19. The van der Waals surface area contributed by atoms with Crippen LogP contribution in [0.5, 0.6) is 0 Å². The van der Waals surface area contributed by atoms with E-state index in [1.807, 2.05) is 0 Å². The van der Waals surface area contributed by atoms with Gasteiger partial charge >= 0.3 is 0 Å². The highest BCUT2D eigenvalue weighted by molar-refractivity contribution is 7.08. The Bertz CT molecular complexity index is 335. The summed E-state index contributed by atoms with van der Waals surface area (Å²) in [5.74, 6) is 0. The van der Waals surface area contributed by atoms with Crippen molar-refractivity contribution >= 4 is 11.3 Å². The molecule has 1 aliphatic rings. The topological polar surface area (TPSA) is 21.3 Å². The van der Waals surface area contributed by atoms with Crippen molar-refractivity contribution in [2.75, 3.05) is 6.61 Å². The van der Waals surface area contributed by atoms with Crippen LogP contribution in [0.25, 0.3) is 0 Å². The molecule has 96 valence electrons. The van der Waals surface area contributed by atoms with Crippen LogP contribution in [0.1, 0.15) is 43.7 Å². The molecule has 1 aromatic heterocycles. The Morgan fingerprint density at radius 3 is 3.06 bits per heavy atom. The van der Waals surface area contributed by atoms with E-state index in [-0.39, 0.29) is 0 Å². The summed E-state index contributed by atoms with van der Waals surface area (Å²) < 4.78 is 5.77. The lowest BCUT2D eigenvalue weighted by molar-refractivity contribution is -0.00342. The molecule has 17 heavy (non-hydrogen) atoms. The molecular formula is C14H23NOS. The quantitative estimate of drug-likeness (QED) is 0.867. The number of thiophene rings is 1. The van der Waals surface area contributed by atoms with Gasteiger partial charge in [-0.3, -0.25) is 0 Å². The predicted molar refractivity (Wildman–Crippen MR) is 73.6 cm³/mol. The van der Waals surface area contributed by atoms with Gasteiger partial charge in [-0.1, -0.05) is 13.3 Å². The average Bonchev–Trinajstić information content (AvgIpc) is 2.73. The van der Waals surface area contributed by atoms with Crippen molar-refractivity contribution in [1.82, 2.24) is 5.32 Å². The molecule has 1 saturated heterocycles. The van der Waals surface area contributed by atoms with E-state index in [2.05, 4.69) is 29.9 Å². The predicted octanol–water partition coefficient (Wildman–Crippen LogP) is 3.49. The smallest absolute Gasteiger partial charge is 0.0589 e. The molecule has 2 rings (SSSR count). The molecule has 1 N–H and O–H groups in total. The fourth-order valence-corrected chi connectivity index (χ4v) is 3.27. The second-order valence-electron chi connectivity index (χ2n) is 4.96. The molecule has 0 aliphatic carbocycles. The van der Waals surface area contributed by atoms with Gasteiger partial charge in [0.2, 0.25) is 0 Å². The summed E-state index contributed by atoms with van der Waals surface area (Å²) in [5.41, 5.74) is 2.87. The summed E-state index contributed by atoms with van der Waals surface area (Å²) in [7, 11) is 0. The molecule has 0 bridgehead atoms. The molecule has 3 heteroatoms. The van der Waals surface area contributed by atoms with Gasteiger partial charge in [-0.2, -0.15) is 11.3 Å². The summed E-state index contributed by atoms with van der Waals surface area (Å²) in [6.07, 6.45) is 5.24. The molecular weight excluding hydrogens is 230 g/mol. The van der Waals surface area contributed by atoms with E-state index < -0.39 is 0 Å². The second kappa shape index (κ2) is 6.53. The molecule has 2 atom stereocenters. The van der Waals surface area contributed by atoms with Crippen LogP contribution in [0.2, 0.25) is 0 Å². The van der Waals surface area contributed by atoms with Crippen LogP contribution >= 0.6 is 11.3 Å². The number of hydrogen-bond donors (Lipinski definition) is 1. The van der Waals surface area contributed by atoms with Gasteiger partial charge in [0.25, 0.3) is 0 Å². The van der Waals surface area contributed by atoms with Gasteiger partial charge in [0.1, 0.15) is 0 Å². The first-order valence-electron chi connectivity index (χ1n) is 6.66. The number of ether oxygens (including phenoxy) is 1. The van der Waals surface area contributed by atoms with Gasteiger partial charge in [-0.15, -0.1) is 0 Å². The van der Waals surface area contributed by atoms with Crippen molar-refractivity contribution in [2.45, 2.75) is 58.2 Å². The lowest BCUT2D eigenvalue weighted by atomic mass is 10.00. The monoisotopic (exact) mass is 253 g/mol. The van der Waals surface area contributed by atoms with Crippen molar-refractivity contribution in [1.29, 1.82) is 0 Å². The average molecular weight is 253 g/mol. The Balaban J connectivity index is 1.77. The van der Waals surface area contributed by atoms with Crippen LogP contribution in [-0.2, 0) is 11.3 Å². The molecule has 1 fully saturated rings. The first-order valence-corrected chi connectivity index (χ1v) is 7.60. The van der Waals surface area contributed by atoms with E-state index in [1.54, 1.807) is 11.3 Å². The third-order valence-corrected chi connectivity index (χ3v) is 4.43. The third-order valence-electron chi connectivity index (χ3n) is 3.52. The Morgan fingerprint density at radius 1 is 1.47 bits per heavy atom. The number of hydrogen-bond acceptors (Lipinski definition) is 3. The summed E-state index contributed by atoms with van der Waals surface area (Å²) in [6, 6.07) is 0.639. The standard InChI is InChI=1S/C14H23NOS/c1-3-4-14-7-13(5-6-16-14)15-8-12-10-17-9-11(12)2/h9-10,13-15H,3-8H2,1-2H3. The molecule has 1 aromatic rings. The molecule has 0 spiro atoms. The number of aryl methyl sites for hydroxylation is 1. The van der Waals surface area contributed by atoms with E-state index in [0.29, 0.717) is 12.1 Å². The van der Waals surface area contributed by atoms with E-state index in [4.69, 9.17) is 4.74 Å². The first-order chi connectivity index (χ1) is 8.29. The summed E-state index contributed by atoms with van der Waals surface area (Å²) >= 11 is 1.80. The Kier molecular flexibility index (Phi) is 5.01. The minimum absolute atomic E-state index is 0.481. The zero-order chi connectivity index (χ0) is 12.1. The highest BCUT2D eigenvalue weighted by atomic mass is 32.1. The van der Waals surface area contributed by atoms with Gasteiger partial charge < -0.3 is 10.1 Å². The second-order valence-corrected chi connectivity index (χ2v) is 5.71. The molecule has 2 unspecified atom stereocenters. The zero-order valence-corrected chi connectivity index (χ0v) is 11.7. The molecule has 2 heterocycles. The van der Waals surface area contributed by atoms with Crippen molar-refractivity contribution in [2.24, 2.45) is 0 Å². The molecule has 1 aliphatic heterocycles.